The van der Waals surface area contributed by atoms with Crippen LogP contribution in [0.25, 0.3) is 0 Å². The van der Waals surface area contributed by atoms with E-state index in [1.165, 1.54) is 0 Å². The van der Waals surface area contributed by atoms with Crippen LogP contribution < -0.4 is 0 Å². The van der Waals surface area contributed by atoms with Gasteiger partial charge in [0, 0.05) is 13.1 Å². The molecule has 1 saturated heterocycles. The minimum atomic E-state index is -0.991. The van der Waals surface area contributed by atoms with Crippen LogP contribution in [0.4, 0.5) is 4.39 Å². The van der Waals surface area contributed by atoms with Crippen LogP contribution in [0.5, 0.6) is 0 Å². The summed E-state index contributed by atoms with van der Waals surface area (Å²) in [4.78, 5) is 1.99. The Morgan fingerprint density at radius 1 is 1.75 bits per heavy atom. The molecular formula is C5H11FNP. The summed E-state index contributed by atoms with van der Waals surface area (Å²) < 4.78 is 12.8. The summed E-state index contributed by atoms with van der Waals surface area (Å²) in [7, 11) is 4.18. The second kappa shape index (κ2) is 1.93. The molecule has 0 aromatic rings. The Morgan fingerprint density at radius 2 is 2.38 bits per heavy atom. The first kappa shape index (κ1) is 6.44. The molecule has 0 aromatic carbocycles. The summed E-state index contributed by atoms with van der Waals surface area (Å²) in [6, 6.07) is 0. The molecule has 1 aliphatic heterocycles. The third-order valence-corrected chi connectivity index (χ3v) is 1.91. The van der Waals surface area contributed by atoms with Gasteiger partial charge in [0.2, 0.25) is 0 Å². The topological polar surface area (TPSA) is 3.24 Å². The lowest BCUT2D eigenvalue weighted by atomic mass is 10.3. The quantitative estimate of drug-likeness (QED) is 0.445. The van der Waals surface area contributed by atoms with E-state index in [1.54, 1.807) is 0 Å². The van der Waals surface area contributed by atoms with Gasteiger partial charge in [-0.05, 0) is 13.5 Å². The molecule has 0 aromatic heterocycles. The molecule has 1 nitrogen and oxygen atoms in total. The van der Waals surface area contributed by atoms with Crippen LogP contribution in [0.1, 0.15) is 6.42 Å². The molecule has 1 aliphatic rings. The van der Waals surface area contributed by atoms with Gasteiger partial charge in [-0.3, -0.25) is 0 Å². The summed E-state index contributed by atoms with van der Waals surface area (Å²) in [6.07, 6.45) is 0.661. The van der Waals surface area contributed by atoms with Crippen LogP contribution in [0.15, 0.2) is 0 Å². The molecule has 1 fully saturated rings. The molecule has 0 bridgehead atoms. The van der Waals surface area contributed by atoms with E-state index >= 15 is 0 Å². The second-order valence-electron chi connectivity index (χ2n) is 2.52. The Morgan fingerprint density at radius 3 is 2.50 bits per heavy atom. The number of hydrogen-bond donors (Lipinski definition) is 0. The highest BCUT2D eigenvalue weighted by Gasteiger charge is 2.31. The summed E-state index contributed by atoms with van der Waals surface area (Å²) in [5.41, 5.74) is 0. The van der Waals surface area contributed by atoms with Gasteiger partial charge < -0.3 is 4.90 Å². The van der Waals surface area contributed by atoms with Crippen molar-refractivity contribution in [3.8, 4) is 0 Å². The summed E-state index contributed by atoms with van der Waals surface area (Å²) >= 11 is 0. The Labute approximate surface area is 51.4 Å². The molecule has 0 N–H and O–H groups in total. The Hall–Kier alpha value is 0.320. The fourth-order valence-electron chi connectivity index (χ4n) is 0.984. The Kier molecular flexibility index (Phi) is 1.55. The zero-order valence-electron chi connectivity index (χ0n) is 5.02. The fourth-order valence-corrected chi connectivity index (χ4v) is 1.42. The van der Waals surface area contributed by atoms with Gasteiger partial charge in [0.1, 0.15) is 5.41 Å². The SMILES string of the molecule is CN1CCC(F)(P)C1. The van der Waals surface area contributed by atoms with Crippen LogP contribution in [0.2, 0.25) is 0 Å². The second-order valence-corrected chi connectivity index (χ2v) is 3.56. The Bertz CT molecular complexity index is 94.4. The first-order chi connectivity index (χ1) is 3.60. The summed E-state index contributed by atoms with van der Waals surface area (Å²) in [6.45, 7) is 1.46. The van der Waals surface area contributed by atoms with E-state index in [4.69, 9.17) is 0 Å². The lowest BCUT2D eigenvalue weighted by Gasteiger charge is -2.10. The molecule has 8 heavy (non-hydrogen) atoms. The molecule has 1 rings (SSSR count). The molecule has 0 amide bonds. The predicted octanol–water partition coefficient (Wildman–Crippen LogP) is 0.863. The average Bonchev–Trinajstić information content (AvgIpc) is 1.82. The zero-order chi connectivity index (χ0) is 6.20. The first-order valence-corrected chi connectivity index (χ1v) is 3.34. The molecule has 0 aliphatic carbocycles. The number of halogens is 1. The molecule has 2 atom stereocenters. The fraction of sp³-hybridized carbons (Fsp3) is 1.00. The van der Waals surface area contributed by atoms with Gasteiger partial charge in [0.05, 0.1) is 0 Å². The smallest absolute Gasteiger partial charge is 0.137 e. The molecule has 1 heterocycles. The van der Waals surface area contributed by atoms with E-state index in [0.717, 1.165) is 6.54 Å². The molecule has 0 saturated carbocycles. The minimum absolute atomic E-state index is 0.567. The molecule has 0 spiro atoms. The van der Waals surface area contributed by atoms with Crippen LogP contribution >= 0.6 is 9.24 Å². The van der Waals surface area contributed by atoms with Gasteiger partial charge >= 0.3 is 0 Å². The van der Waals surface area contributed by atoms with Gasteiger partial charge in [0.15, 0.2) is 0 Å². The van der Waals surface area contributed by atoms with E-state index in [-0.39, 0.29) is 0 Å². The van der Waals surface area contributed by atoms with Crippen molar-refractivity contribution in [1.29, 1.82) is 0 Å². The summed E-state index contributed by atoms with van der Waals surface area (Å²) in [5.74, 6) is 0. The van der Waals surface area contributed by atoms with Gasteiger partial charge in [-0.15, -0.1) is 0 Å². The van der Waals surface area contributed by atoms with Crippen molar-refractivity contribution < 1.29 is 4.39 Å². The van der Waals surface area contributed by atoms with Crippen molar-refractivity contribution in [3.05, 3.63) is 0 Å². The molecule has 3 heteroatoms. The number of alkyl halides is 1. The van der Waals surface area contributed by atoms with Crippen molar-refractivity contribution >= 4 is 9.24 Å². The van der Waals surface area contributed by atoms with Crippen molar-refractivity contribution in [2.75, 3.05) is 20.1 Å². The molecular weight excluding hydrogens is 124 g/mol. The van der Waals surface area contributed by atoms with Gasteiger partial charge in [-0.25, -0.2) is 4.39 Å². The highest BCUT2D eigenvalue weighted by molar-refractivity contribution is 7.18. The minimum Gasteiger partial charge on any atom is -0.303 e. The Balaban J connectivity index is 2.44. The van der Waals surface area contributed by atoms with Crippen molar-refractivity contribution in [3.63, 3.8) is 0 Å². The zero-order valence-corrected chi connectivity index (χ0v) is 6.18. The average molecular weight is 135 g/mol. The molecule has 48 valence electrons. The van der Waals surface area contributed by atoms with Crippen LogP contribution in [-0.4, -0.2) is 30.4 Å². The van der Waals surface area contributed by atoms with Crippen molar-refractivity contribution in [2.24, 2.45) is 0 Å². The molecule has 0 radical (unpaired) electrons. The van der Waals surface area contributed by atoms with Crippen LogP contribution in [0, 0.1) is 0 Å². The third kappa shape index (κ3) is 1.40. The van der Waals surface area contributed by atoms with Crippen molar-refractivity contribution in [1.82, 2.24) is 4.90 Å². The normalized spacial score (nSPS) is 40.9. The lowest BCUT2D eigenvalue weighted by Crippen LogP contribution is -2.19. The highest BCUT2D eigenvalue weighted by atomic mass is 31.0. The van der Waals surface area contributed by atoms with E-state index < -0.39 is 5.41 Å². The van der Waals surface area contributed by atoms with E-state index in [0.29, 0.717) is 13.0 Å². The maximum atomic E-state index is 12.8. The number of likely N-dealkylation sites (tertiary alicyclic amines) is 1. The van der Waals surface area contributed by atoms with E-state index in [9.17, 15) is 4.39 Å². The summed E-state index contributed by atoms with van der Waals surface area (Å²) in [5, 5.41) is -0.991. The maximum absolute atomic E-state index is 12.8. The first-order valence-electron chi connectivity index (χ1n) is 2.76. The van der Waals surface area contributed by atoms with Gasteiger partial charge in [-0.1, -0.05) is 9.24 Å². The van der Waals surface area contributed by atoms with E-state index in [1.807, 2.05) is 11.9 Å². The highest BCUT2D eigenvalue weighted by Crippen LogP contribution is 2.30. The largest absolute Gasteiger partial charge is 0.303 e. The van der Waals surface area contributed by atoms with Gasteiger partial charge in [0.25, 0.3) is 0 Å². The molecule has 2 unspecified atom stereocenters. The predicted molar refractivity (Wildman–Crippen MR) is 35.7 cm³/mol. The van der Waals surface area contributed by atoms with Crippen molar-refractivity contribution in [2.45, 2.75) is 11.8 Å². The lowest BCUT2D eigenvalue weighted by molar-refractivity contribution is 0.283. The number of nitrogens with zero attached hydrogens (tertiary/aromatic N) is 1. The maximum Gasteiger partial charge on any atom is 0.137 e. The van der Waals surface area contributed by atoms with E-state index in [2.05, 4.69) is 9.24 Å². The van der Waals surface area contributed by atoms with Crippen LogP contribution in [-0.2, 0) is 0 Å². The standard InChI is InChI=1S/C5H11FNP/c1-7-3-2-5(6,8)4-7/h2-4,8H2,1H3. The van der Waals surface area contributed by atoms with Crippen LogP contribution in [0.3, 0.4) is 0 Å². The number of hydrogen-bond acceptors (Lipinski definition) is 1. The number of rotatable bonds is 0. The monoisotopic (exact) mass is 135 g/mol. The third-order valence-electron chi connectivity index (χ3n) is 1.44. The van der Waals surface area contributed by atoms with Gasteiger partial charge in [-0.2, -0.15) is 0 Å².